The van der Waals surface area contributed by atoms with Crippen molar-refractivity contribution in [2.75, 3.05) is 5.32 Å². The summed E-state index contributed by atoms with van der Waals surface area (Å²) in [5, 5.41) is 4.51. The molecule has 0 aliphatic rings. The third-order valence-corrected chi connectivity index (χ3v) is 3.95. The minimum absolute atomic E-state index is 0.780. The molecule has 2 aromatic heterocycles. The molecule has 0 bridgehead atoms. The van der Waals surface area contributed by atoms with Crippen LogP contribution in [0, 0.1) is 13.8 Å². The van der Waals surface area contributed by atoms with Crippen molar-refractivity contribution >= 4 is 27.4 Å². The van der Waals surface area contributed by atoms with Crippen molar-refractivity contribution in [3.63, 3.8) is 0 Å². The lowest BCUT2D eigenvalue weighted by Crippen LogP contribution is -2.02. The highest BCUT2D eigenvalue weighted by atomic mass is 32.1. The summed E-state index contributed by atoms with van der Waals surface area (Å²) in [6.07, 6.45) is 1.62. The maximum Gasteiger partial charge on any atom is 0.138 e. The highest BCUT2D eigenvalue weighted by Gasteiger charge is 2.06. The maximum absolute atomic E-state index is 4.34. The predicted molar refractivity (Wildman–Crippen MR) is 80.7 cm³/mol. The fourth-order valence-electron chi connectivity index (χ4n) is 2.12. The van der Waals surface area contributed by atoms with Gasteiger partial charge in [0.25, 0.3) is 0 Å². The van der Waals surface area contributed by atoms with Crippen LogP contribution in [0.15, 0.2) is 36.7 Å². The highest BCUT2D eigenvalue weighted by molar-refractivity contribution is 7.18. The molecule has 19 heavy (non-hydrogen) atoms. The van der Waals surface area contributed by atoms with Gasteiger partial charge in [0.1, 0.15) is 17.0 Å². The lowest BCUT2D eigenvalue weighted by molar-refractivity contribution is 1.10. The first-order valence-electron chi connectivity index (χ1n) is 6.23. The van der Waals surface area contributed by atoms with E-state index in [0.717, 1.165) is 22.6 Å². The minimum atomic E-state index is 0.780. The van der Waals surface area contributed by atoms with Crippen LogP contribution >= 0.6 is 11.3 Å². The Balaban J connectivity index is 1.85. The Labute approximate surface area is 116 Å². The van der Waals surface area contributed by atoms with Crippen LogP contribution in [-0.4, -0.2) is 9.97 Å². The van der Waals surface area contributed by atoms with E-state index in [9.17, 15) is 0 Å². The summed E-state index contributed by atoms with van der Waals surface area (Å²) in [6, 6.07) is 10.6. The van der Waals surface area contributed by atoms with Gasteiger partial charge < -0.3 is 5.32 Å². The van der Waals surface area contributed by atoms with E-state index in [1.54, 1.807) is 17.7 Å². The van der Waals surface area contributed by atoms with Crippen molar-refractivity contribution in [3.05, 3.63) is 52.7 Å². The van der Waals surface area contributed by atoms with Crippen molar-refractivity contribution in [1.82, 2.24) is 9.97 Å². The van der Waals surface area contributed by atoms with Crippen LogP contribution in [0.2, 0.25) is 0 Å². The lowest BCUT2D eigenvalue weighted by Gasteiger charge is -2.07. The molecule has 0 saturated carbocycles. The number of rotatable bonds is 3. The molecule has 3 rings (SSSR count). The van der Waals surface area contributed by atoms with Crippen LogP contribution in [-0.2, 0) is 6.54 Å². The summed E-state index contributed by atoms with van der Waals surface area (Å²) in [7, 11) is 0. The Bertz CT molecular complexity index is 718. The molecule has 4 heteroatoms. The summed E-state index contributed by atoms with van der Waals surface area (Å²) in [6.45, 7) is 4.98. The number of fused-ring (bicyclic) bond motifs is 1. The van der Waals surface area contributed by atoms with Gasteiger partial charge >= 0.3 is 0 Å². The molecule has 3 nitrogen and oxygen atoms in total. The van der Waals surface area contributed by atoms with Gasteiger partial charge in [-0.15, -0.1) is 11.3 Å². The van der Waals surface area contributed by atoms with Crippen LogP contribution in [0.4, 0.5) is 5.82 Å². The van der Waals surface area contributed by atoms with Crippen molar-refractivity contribution in [2.45, 2.75) is 20.4 Å². The van der Waals surface area contributed by atoms with Crippen molar-refractivity contribution < 1.29 is 0 Å². The van der Waals surface area contributed by atoms with E-state index in [-0.39, 0.29) is 0 Å². The fourth-order valence-corrected chi connectivity index (χ4v) is 2.97. The van der Waals surface area contributed by atoms with Crippen LogP contribution in [0.1, 0.15) is 16.0 Å². The van der Waals surface area contributed by atoms with Gasteiger partial charge in [-0.3, -0.25) is 0 Å². The first kappa shape index (κ1) is 12.1. The molecular weight excluding hydrogens is 254 g/mol. The smallest absolute Gasteiger partial charge is 0.138 e. The maximum atomic E-state index is 4.34. The monoisotopic (exact) mass is 269 g/mol. The molecule has 0 spiro atoms. The fraction of sp³-hybridized carbons (Fsp3) is 0.200. The minimum Gasteiger partial charge on any atom is -0.365 e. The first-order valence-corrected chi connectivity index (χ1v) is 7.04. The van der Waals surface area contributed by atoms with Crippen molar-refractivity contribution in [3.8, 4) is 0 Å². The molecule has 96 valence electrons. The predicted octanol–water partition coefficient (Wildman–Crippen LogP) is 3.92. The topological polar surface area (TPSA) is 37.8 Å². The van der Waals surface area contributed by atoms with E-state index in [0.29, 0.717) is 0 Å². The Morgan fingerprint density at radius 2 is 2.05 bits per heavy atom. The van der Waals surface area contributed by atoms with E-state index in [4.69, 9.17) is 0 Å². The molecule has 1 aromatic carbocycles. The average Bonchev–Trinajstić information content (AvgIpc) is 2.77. The molecule has 3 aromatic rings. The number of thiophene rings is 1. The van der Waals surface area contributed by atoms with Gasteiger partial charge in [0, 0.05) is 11.4 Å². The summed E-state index contributed by atoms with van der Waals surface area (Å²) in [5.74, 6) is 0.913. The Morgan fingerprint density at radius 1 is 1.16 bits per heavy atom. The molecule has 0 radical (unpaired) electrons. The highest BCUT2D eigenvalue weighted by Crippen LogP contribution is 2.27. The second kappa shape index (κ2) is 4.97. The average molecular weight is 269 g/mol. The number of aryl methyl sites for hydroxylation is 2. The Hall–Kier alpha value is -1.94. The summed E-state index contributed by atoms with van der Waals surface area (Å²) in [4.78, 5) is 10.9. The molecule has 0 amide bonds. The van der Waals surface area contributed by atoms with E-state index in [1.807, 2.05) is 0 Å². The van der Waals surface area contributed by atoms with Gasteiger partial charge in [0.15, 0.2) is 0 Å². The number of anilines is 1. The van der Waals surface area contributed by atoms with Gasteiger partial charge in [-0.05, 0) is 25.5 Å². The second-order valence-electron chi connectivity index (χ2n) is 4.64. The standard InChI is InChI=1S/C15H15N3S/c1-10-4-3-5-12(6-10)8-16-14-13-7-11(2)19-15(13)18-9-17-14/h3-7,9H,8H2,1-2H3,(H,16,17,18). The molecule has 2 heterocycles. The molecule has 0 saturated heterocycles. The number of nitrogens with one attached hydrogen (secondary N) is 1. The van der Waals surface area contributed by atoms with Crippen LogP contribution < -0.4 is 5.32 Å². The summed E-state index contributed by atoms with van der Waals surface area (Å²) >= 11 is 1.70. The van der Waals surface area contributed by atoms with Gasteiger partial charge in [-0.1, -0.05) is 29.8 Å². The summed E-state index contributed by atoms with van der Waals surface area (Å²) < 4.78 is 0. The molecule has 0 unspecified atom stereocenters. The molecule has 0 fully saturated rings. The van der Waals surface area contributed by atoms with Crippen LogP contribution in [0.5, 0.6) is 0 Å². The molecule has 0 aliphatic carbocycles. The van der Waals surface area contributed by atoms with Crippen LogP contribution in [0.3, 0.4) is 0 Å². The van der Waals surface area contributed by atoms with Crippen molar-refractivity contribution in [2.24, 2.45) is 0 Å². The quantitative estimate of drug-likeness (QED) is 0.783. The SMILES string of the molecule is Cc1cccc(CNc2ncnc3sc(C)cc23)c1. The van der Waals surface area contributed by atoms with Gasteiger partial charge in [-0.25, -0.2) is 9.97 Å². The number of hydrogen-bond donors (Lipinski definition) is 1. The van der Waals surface area contributed by atoms with Gasteiger partial charge in [0.05, 0.1) is 5.39 Å². The zero-order valence-electron chi connectivity index (χ0n) is 11.0. The number of nitrogens with zero attached hydrogens (tertiary/aromatic N) is 2. The largest absolute Gasteiger partial charge is 0.365 e. The number of aromatic nitrogens is 2. The third-order valence-electron chi connectivity index (χ3n) is 3.00. The van der Waals surface area contributed by atoms with E-state index in [1.165, 1.54) is 16.0 Å². The molecule has 0 aliphatic heterocycles. The molecule has 1 N–H and O–H groups in total. The van der Waals surface area contributed by atoms with Gasteiger partial charge in [-0.2, -0.15) is 0 Å². The lowest BCUT2D eigenvalue weighted by atomic mass is 10.1. The Kier molecular flexibility index (Phi) is 3.17. The Morgan fingerprint density at radius 3 is 2.89 bits per heavy atom. The number of hydrogen-bond acceptors (Lipinski definition) is 4. The third kappa shape index (κ3) is 2.58. The molecular formula is C15H15N3S. The zero-order valence-corrected chi connectivity index (χ0v) is 11.8. The first-order chi connectivity index (χ1) is 9.22. The molecule has 0 atom stereocenters. The van der Waals surface area contributed by atoms with E-state index >= 15 is 0 Å². The summed E-state index contributed by atoms with van der Waals surface area (Å²) in [5.41, 5.74) is 2.54. The van der Waals surface area contributed by atoms with Crippen molar-refractivity contribution in [1.29, 1.82) is 0 Å². The van der Waals surface area contributed by atoms with Gasteiger partial charge in [0.2, 0.25) is 0 Å². The zero-order chi connectivity index (χ0) is 13.2. The normalized spacial score (nSPS) is 10.8. The van der Waals surface area contributed by atoms with E-state index in [2.05, 4.69) is 59.5 Å². The number of benzene rings is 1. The second-order valence-corrected chi connectivity index (χ2v) is 5.88. The van der Waals surface area contributed by atoms with Crippen LogP contribution in [0.25, 0.3) is 10.2 Å². The van der Waals surface area contributed by atoms with E-state index < -0.39 is 0 Å².